The van der Waals surface area contributed by atoms with E-state index in [1.807, 2.05) is 6.92 Å². The van der Waals surface area contributed by atoms with Crippen molar-refractivity contribution in [2.24, 2.45) is 5.41 Å². The highest BCUT2D eigenvalue weighted by Crippen LogP contribution is 2.25. The number of aliphatic hydroxyl groups excluding tert-OH is 1. The van der Waals surface area contributed by atoms with E-state index in [-0.39, 0.29) is 5.91 Å². The zero-order valence-electron chi connectivity index (χ0n) is 7.64. The fourth-order valence-electron chi connectivity index (χ4n) is 0.931. The van der Waals surface area contributed by atoms with Gasteiger partial charge in [0.2, 0.25) is 5.91 Å². The summed E-state index contributed by atoms with van der Waals surface area (Å²) in [4.78, 5) is 11.2. The van der Waals surface area contributed by atoms with E-state index in [1.54, 1.807) is 20.9 Å². The van der Waals surface area contributed by atoms with Gasteiger partial charge in [-0.2, -0.15) is 0 Å². The van der Waals surface area contributed by atoms with Gasteiger partial charge in [0, 0.05) is 7.05 Å². The van der Waals surface area contributed by atoms with Gasteiger partial charge in [-0.05, 0) is 20.3 Å². The van der Waals surface area contributed by atoms with Gasteiger partial charge in [0.1, 0.15) is 0 Å². The average molecular weight is 159 g/mol. The molecule has 0 spiro atoms. The summed E-state index contributed by atoms with van der Waals surface area (Å²) in [5, 5.41) is 11.9. The second kappa shape index (κ2) is 3.72. The van der Waals surface area contributed by atoms with Gasteiger partial charge in [-0.1, -0.05) is 6.92 Å². The molecule has 0 saturated carbocycles. The molecule has 0 aliphatic heterocycles. The van der Waals surface area contributed by atoms with Gasteiger partial charge in [0.05, 0.1) is 11.5 Å². The van der Waals surface area contributed by atoms with Crippen molar-refractivity contribution < 1.29 is 9.90 Å². The van der Waals surface area contributed by atoms with Crippen LogP contribution in [0.4, 0.5) is 0 Å². The van der Waals surface area contributed by atoms with Crippen molar-refractivity contribution in [3.8, 4) is 0 Å². The quantitative estimate of drug-likeness (QED) is 0.631. The summed E-state index contributed by atoms with van der Waals surface area (Å²) in [5.74, 6) is -0.102. The molecule has 0 rings (SSSR count). The number of amides is 1. The number of hydrogen-bond acceptors (Lipinski definition) is 2. The molecule has 0 fully saturated rings. The fraction of sp³-hybridized carbons (Fsp3) is 0.875. The number of aliphatic hydroxyl groups is 1. The van der Waals surface area contributed by atoms with E-state index < -0.39 is 11.5 Å². The summed E-state index contributed by atoms with van der Waals surface area (Å²) in [6, 6.07) is 0. The Hall–Kier alpha value is -0.570. The van der Waals surface area contributed by atoms with Crippen LogP contribution in [0.25, 0.3) is 0 Å². The highest BCUT2D eigenvalue weighted by atomic mass is 16.3. The minimum Gasteiger partial charge on any atom is -0.392 e. The SMILES string of the molecule is CCC(C)(C(=O)NC)C(C)O. The Bertz CT molecular complexity index is 145. The summed E-state index contributed by atoms with van der Waals surface area (Å²) in [6.45, 7) is 5.29. The number of carbonyl (C=O) groups is 1. The molecule has 0 aromatic carbocycles. The lowest BCUT2D eigenvalue weighted by atomic mass is 9.81. The molecule has 0 aromatic heterocycles. The van der Waals surface area contributed by atoms with Gasteiger partial charge in [-0.15, -0.1) is 0 Å². The molecule has 0 aromatic rings. The Morgan fingerprint density at radius 1 is 1.73 bits per heavy atom. The maximum atomic E-state index is 11.2. The van der Waals surface area contributed by atoms with Crippen LogP contribution >= 0.6 is 0 Å². The van der Waals surface area contributed by atoms with Crippen LogP contribution in [0.2, 0.25) is 0 Å². The maximum Gasteiger partial charge on any atom is 0.228 e. The molecule has 0 aliphatic carbocycles. The monoisotopic (exact) mass is 159 g/mol. The van der Waals surface area contributed by atoms with Crippen LogP contribution < -0.4 is 5.32 Å². The largest absolute Gasteiger partial charge is 0.392 e. The molecule has 3 nitrogen and oxygen atoms in total. The summed E-state index contributed by atoms with van der Waals surface area (Å²) in [5.41, 5.74) is -0.644. The van der Waals surface area contributed by atoms with Crippen LogP contribution in [0.1, 0.15) is 27.2 Å². The third kappa shape index (κ3) is 1.93. The third-order valence-corrected chi connectivity index (χ3v) is 2.40. The van der Waals surface area contributed by atoms with Gasteiger partial charge in [-0.25, -0.2) is 0 Å². The predicted octanol–water partition coefficient (Wildman–Crippen LogP) is 0.529. The molecule has 2 atom stereocenters. The van der Waals surface area contributed by atoms with Crippen molar-refractivity contribution in [1.82, 2.24) is 5.32 Å². The van der Waals surface area contributed by atoms with Crippen molar-refractivity contribution in [3.63, 3.8) is 0 Å². The topological polar surface area (TPSA) is 49.3 Å². The minimum atomic E-state index is -0.644. The van der Waals surface area contributed by atoms with E-state index in [9.17, 15) is 9.90 Å². The van der Waals surface area contributed by atoms with E-state index in [0.29, 0.717) is 6.42 Å². The molecule has 3 heteroatoms. The van der Waals surface area contributed by atoms with Gasteiger partial charge < -0.3 is 10.4 Å². The number of nitrogens with one attached hydrogen (secondary N) is 1. The molecule has 11 heavy (non-hydrogen) atoms. The number of hydrogen-bond donors (Lipinski definition) is 2. The maximum absolute atomic E-state index is 11.2. The highest BCUT2D eigenvalue weighted by Gasteiger charge is 2.35. The first-order valence-corrected chi connectivity index (χ1v) is 3.89. The summed E-state index contributed by atoms with van der Waals surface area (Å²) < 4.78 is 0. The molecule has 0 bridgehead atoms. The highest BCUT2D eigenvalue weighted by molar-refractivity contribution is 5.82. The smallest absolute Gasteiger partial charge is 0.228 e. The lowest BCUT2D eigenvalue weighted by molar-refractivity contribution is -0.135. The summed E-state index contributed by atoms with van der Waals surface area (Å²) in [6.07, 6.45) is 0.0390. The van der Waals surface area contributed by atoms with Gasteiger partial charge in [0.15, 0.2) is 0 Å². The van der Waals surface area contributed by atoms with E-state index >= 15 is 0 Å². The zero-order valence-corrected chi connectivity index (χ0v) is 7.64. The van der Waals surface area contributed by atoms with E-state index in [4.69, 9.17) is 0 Å². The zero-order chi connectivity index (χ0) is 9.07. The van der Waals surface area contributed by atoms with Crippen molar-refractivity contribution in [2.45, 2.75) is 33.3 Å². The Kier molecular flexibility index (Phi) is 3.52. The molecule has 0 saturated heterocycles. The molecule has 2 N–H and O–H groups in total. The van der Waals surface area contributed by atoms with Gasteiger partial charge >= 0.3 is 0 Å². The Balaban J connectivity index is 4.45. The van der Waals surface area contributed by atoms with Crippen molar-refractivity contribution >= 4 is 5.91 Å². The van der Waals surface area contributed by atoms with Crippen LogP contribution in [0.15, 0.2) is 0 Å². The fourth-order valence-corrected chi connectivity index (χ4v) is 0.931. The molecular formula is C8H17NO2. The van der Waals surface area contributed by atoms with Gasteiger partial charge in [-0.3, -0.25) is 4.79 Å². The minimum absolute atomic E-state index is 0.102. The van der Waals surface area contributed by atoms with Crippen LogP contribution in [0.5, 0.6) is 0 Å². The normalized spacial score (nSPS) is 18.6. The number of rotatable bonds is 3. The van der Waals surface area contributed by atoms with Crippen molar-refractivity contribution in [2.75, 3.05) is 7.05 Å². The van der Waals surface area contributed by atoms with Crippen LogP contribution in [-0.4, -0.2) is 24.2 Å². The molecular weight excluding hydrogens is 142 g/mol. The van der Waals surface area contributed by atoms with Crippen LogP contribution in [-0.2, 0) is 4.79 Å². The Morgan fingerprint density at radius 2 is 2.18 bits per heavy atom. The first kappa shape index (κ1) is 10.4. The first-order chi connectivity index (χ1) is 4.99. The Labute approximate surface area is 67.8 Å². The van der Waals surface area contributed by atoms with E-state index in [0.717, 1.165) is 0 Å². The lowest BCUT2D eigenvalue weighted by Gasteiger charge is -2.28. The predicted molar refractivity (Wildman–Crippen MR) is 44.1 cm³/mol. The molecule has 1 amide bonds. The van der Waals surface area contributed by atoms with Crippen LogP contribution in [0, 0.1) is 5.41 Å². The van der Waals surface area contributed by atoms with Crippen molar-refractivity contribution in [1.29, 1.82) is 0 Å². The van der Waals surface area contributed by atoms with Gasteiger partial charge in [0.25, 0.3) is 0 Å². The first-order valence-electron chi connectivity index (χ1n) is 3.89. The van der Waals surface area contributed by atoms with E-state index in [1.165, 1.54) is 0 Å². The second-order valence-electron chi connectivity index (χ2n) is 3.03. The Morgan fingerprint density at radius 3 is 2.27 bits per heavy atom. The standard InChI is InChI=1S/C8H17NO2/c1-5-8(3,6(2)10)7(11)9-4/h6,10H,5H2,1-4H3,(H,9,11). The third-order valence-electron chi connectivity index (χ3n) is 2.40. The summed E-state index contributed by atoms with van der Waals surface area (Å²) in [7, 11) is 1.58. The van der Waals surface area contributed by atoms with E-state index in [2.05, 4.69) is 5.32 Å². The summed E-state index contributed by atoms with van der Waals surface area (Å²) >= 11 is 0. The lowest BCUT2D eigenvalue weighted by Crippen LogP contribution is -2.43. The van der Waals surface area contributed by atoms with Crippen LogP contribution in [0.3, 0.4) is 0 Å². The van der Waals surface area contributed by atoms with Crippen molar-refractivity contribution in [3.05, 3.63) is 0 Å². The molecule has 0 heterocycles. The molecule has 2 unspecified atom stereocenters. The molecule has 66 valence electrons. The molecule has 0 radical (unpaired) electrons. The second-order valence-corrected chi connectivity index (χ2v) is 3.03. The molecule has 0 aliphatic rings. The number of carbonyl (C=O) groups excluding carboxylic acids is 1. The average Bonchev–Trinajstić information content (AvgIpc) is 2.01.